The van der Waals surface area contributed by atoms with E-state index in [9.17, 15) is 0 Å². The van der Waals surface area contributed by atoms with E-state index in [0.717, 1.165) is 31.7 Å². The predicted octanol–water partition coefficient (Wildman–Crippen LogP) is 2.79. The van der Waals surface area contributed by atoms with Crippen molar-refractivity contribution in [2.75, 3.05) is 27.2 Å². The van der Waals surface area contributed by atoms with Gasteiger partial charge in [-0.15, -0.1) is 0 Å². The zero-order chi connectivity index (χ0) is 13.8. The van der Waals surface area contributed by atoms with Gasteiger partial charge in [-0.25, -0.2) is 0 Å². The molecule has 1 fully saturated rings. The molecule has 0 aliphatic carbocycles. The Balaban J connectivity index is 0.000000283. The van der Waals surface area contributed by atoms with Gasteiger partial charge < -0.3 is 14.7 Å². The summed E-state index contributed by atoms with van der Waals surface area (Å²) in [4.78, 5) is 2.24. The lowest BCUT2D eigenvalue weighted by Crippen LogP contribution is -2.32. The zero-order valence-electron chi connectivity index (χ0n) is 12.1. The van der Waals surface area contributed by atoms with E-state index in [1.54, 1.807) is 7.11 Å². The van der Waals surface area contributed by atoms with E-state index in [0.29, 0.717) is 0 Å². The van der Waals surface area contributed by atoms with Crippen LogP contribution in [0.15, 0.2) is 30.3 Å². The van der Waals surface area contributed by atoms with E-state index in [1.165, 1.54) is 0 Å². The van der Waals surface area contributed by atoms with Gasteiger partial charge in [-0.05, 0) is 32.0 Å². The summed E-state index contributed by atoms with van der Waals surface area (Å²) >= 11 is 0. The summed E-state index contributed by atoms with van der Waals surface area (Å²) in [5.74, 6) is 0.910. The molecule has 0 aromatic heterocycles. The van der Waals surface area contributed by atoms with Crippen LogP contribution < -0.4 is 4.74 Å². The average Bonchev–Trinajstić information content (AvgIpc) is 2.46. The Morgan fingerprint density at radius 1 is 1.11 bits per heavy atom. The molecule has 0 atom stereocenters. The first-order chi connectivity index (χ1) is 8.72. The van der Waals surface area contributed by atoms with Gasteiger partial charge in [0, 0.05) is 13.1 Å². The molecule has 1 heterocycles. The highest BCUT2D eigenvalue weighted by molar-refractivity contribution is 5.20. The molecular formula is C15H27NO2. The molecule has 0 bridgehead atoms. The third-order valence-electron chi connectivity index (χ3n) is 2.67. The van der Waals surface area contributed by atoms with Crippen molar-refractivity contribution in [2.24, 2.45) is 0 Å². The quantitative estimate of drug-likeness (QED) is 0.835. The highest BCUT2D eigenvalue weighted by atomic mass is 16.5. The lowest BCUT2D eigenvalue weighted by Gasteiger charge is -2.25. The number of aliphatic hydroxyl groups is 1. The molecule has 0 amide bonds. The fourth-order valence-corrected chi connectivity index (χ4v) is 1.55. The van der Waals surface area contributed by atoms with Gasteiger partial charge in [0.05, 0.1) is 13.2 Å². The minimum absolute atomic E-state index is 0.0220. The van der Waals surface area contributed by atoms with Crippen molar-refractivity contribution >= 4 is 0 Å². The van der Waals surface area contributed by atoms with Crippen LogP contribution in [0.3, 0.4) is 0 Å². The zero-order valence-corrected chi connectivity index (χ0v) is 12.1. The number of rotatable bonds is 1. The largest absolute Gasteiger partial charge is 0.497 e. The van der Waals surface area contributed by atoms with E-state index < -0.39 is 0 Å². The van der Waals surface area contributed by atoms with Crippen LogP contribution in [0.2, 0.25) is 0 Å². The monoisotopic (exact) mass is 253 g/mol. The smallest absolute Gasteiger partial charge is 0.118 e. The van der Waals surface area contributed by atoms with Gasteiger partial charge in [0.15, 0.2) is 0 Å². The van der Waals surface area contributed by atoms with Crippen LogP contribution in [-0.2, 0) is 0 Å². The van der Waals surface area contributed by atoms with Gasteiger partial charge in [-0.2, -0.15) is 0 Å². The van der Waals surface area contributed by atoms with E-state index in [-0.39, 0.29) is 6.10 Å². The number of benzene rings is 1. The minimum atomic E-state index is -0.0220. The Hall–Kier alpha value is -1.06. The summed E-state index contributed by atoms with van der Waals surface area (Å²) < 4.78 is 4.91. The molecule has 1 aromatic carbocycles. The van der Waals surface area contributed by atoms with Crippen LogP contribution in [0.1, 0.15) is 26.7 Å². The van der Waals surface area contributed by atoms with Gasteiger partial charge in [0.2, 0.25) is 0 Å². The standard InChI is InChI=1S/C7H8O.C6H13NO.C2H6/c1-8-7-5-3-2-4-6-7;1-7-4-2-6(8)3-5-7;1-2/h2-6H,1H3;6,8H,2-5H2,1H3;1-2H3. The highest BCUT2D eigenvalue weighted by Gasteiger charge is 2.12. The van der Waals surface area contributed by atoms with Gasteiger partial charge in [-0.3, -0.25) is 0 Å². The molecular weight excluding hydrogens is 226 g/mol. The molecule has 1 N–H and O–H groups in total. The number of ether oxygens (including phenoxy) is 1. The summed E-state index contributed by atoms with van der Waals surface area (Å²) in [6.45, 7) is 6.11. The molecule has 0 unspecified atom stereocenters. The maximum atomic E-state index is 9.00. The summed E-state index contributed by atoms with van der Waals surface area (Å²) in [5, 5.41) is 9.00. The normalized spacial score (nSPS) is 15.8. The summed E-state index contributed by atoms with van der Waals surface area (Å²) in [5.41, 5.74) is 0. The third kappa shape index (κ3) is 8.09. The Morgan fingerprint density at radius 3 is 1.94 bits per heavy atom. The summed E-state index contributed by atoms with van der Waals surface area (Å²) in [7, 11) is 3.75. The Labute approximate surface area is 111 Å². The van der Waals surface area contributed by atoms with Crippen LogP contribution in [0.4, 0.5) is 0 Å². The van der Waals surface area contributed by atoms with E-state index in [1.807, 2.05) is 44.2 Å². The van der Waals surface area contributed by atoms with Gasteiger partial charge in [0.25, 0.3) is 0 Å². The van der Waals surface area contributed by atoms with Crippen molar-refractivity contribution in [2.45, 2.75) is 32.8 Å². The molecule has 1 saturated heterocycles. The second kappa shape index (κ2) is 11.1. The number of hydrogen-bond acceptors (Lipinski definition) is 3. The number of nitrogens with zero attached hydrogens (tertiary/aromatic N) is 1. The molecule has 1 aliphatic heterocycles. The average molecular weight is 253 g/mol. The van der Waals surface area contributed by atoms with Crippen molar-refractivity contribution in [3.05, 3.63) is 30.3 Å². The van der Waals surface area contributed by atoms with Crippen molar-refractivity contribution in [3.63, 3.8) is 0 Å². The summed E-state index contributed by atoms with van der Waals surface area (Å²) in [6.07, 6.45) is 1.89. The Morgan fingerprint density at radius 2 is 1.61 bits per heavy atom. The minimum Gasteiger partial charge on any atom is -0.497 e. The fraction of sp³-hybridized carbons (Fsp3) is 0.600. The molecule has 3 heteroatoms. The van der Waals surface area contributed by atoms with Crippen LogP contribution in [0, 0.1) is 0 Å². The van der Waals surface area contributed by atoms with Crippen LogP contribution in [-0.4, -0.2) is 43.4 Å². The maximum Gasteiger partial charge on any atom is 0.118 e. The molecule has 1 aromatic rings. The highest BCUT2D eigenvalue weighted by Crippen LogP contribution is 2.06. The number of para-hydroxylation sites is 1. The van der Waals surface area contributed by atoms with Gasteiger partial charge in [0.1, 0.15) is 5.75 Å². The van der Waals surface area contributed by atoms with E-state index >= 15 is 0 Å². The molecule has 104 valence electrons. The molecule has 1 aliphatic rings. The van der Waals surface area contributed by atoms with E-state index in [4.69, 9.17) is 9.84 Å². The number of piperidine rings is 1. The SMILES string of the molecule is CC.CN1CCC(O)CC1.COc1ccccc1. The second-order valence-corrected chi connectivity index (χ2v) is 4.05. The summed E-state index contributed by atoms with van der Waals surface area (Å²) in [6, 6.07) is 9.68. The predicted molar refractivity (Wildman–Crippen MR) is 77.1 cm³/mol. The fourth-order valence-electron chi connectivity index (χ4n) is 1.55. The molecule has 0 saturated carbocycles. The first-order valence-electron chi connectivity index (χ1n) is 6.68. The van der Waals surface area contributed by atoms with Crippen LogP contribution in [0.5, 0.6) is 5.75 Å². The number of hydrogen-bond donors (Lipinski definition) is 1. The molecule has 0 spiro atoms. The Kier molecular flexibility index (Phi) is 10.4. The third-order valence-corrected chi connectivity index (χ3v) is 2.67. The van der Waals surface area contributed by atoms with Crippen molar-refractivity contribution < 1.29 is 9.84 Å². The van der Waals surface area contributed by atoms with Gasteiger partial charge in [-0.1, -0.05) is 32.0 Å². The Bertz CT molecular complexity index is 259. The van der Waals surface area contributed by atoms with E-state index in [2.05, 4.69) is 11.9 Å². The second-order valence-electron chi connectivity index (χ2n) is 4.05. The lowest BCUT2D eigenvalue weighted by molar-refractivity contribution is 0.0943. The molecule has 18 heavy (non-hydrogen) atoms. The number of methoxy groups -OCH3 is 1. The van der Waals surface area contributed by atoms with Crippen molar-refractivity contribution in [1.29, 1.82) is 0 Å². The van der Waals surface area contributed by atoms with Crippen LogP contribution in [0.25, 0.3) is 0 Å². The van der Waals surface area contributed by atoms with Crippen molar-refractivity contribution in [3.8, 4) is 5.75 Å². The maximum absolute atomic E-state index is 9.00. The van der Waals surface area contributed by atoms with Gasteiger partial charge >= 0.3 is 0 Å². The first kappa shape index (κ1) is 16.9. The molecule has 0 radical (unpaired) electrons. The number of aliphatic hydroxyl groups excluding tert-OH is 1. The van der Waals surface area contributed by atoms with Crippen molar-refractivity contribution in [1.82, 2.24) is 4.90 Å². The molecule has 2 rings (SSSR count). The molecule has 3 nitrogen and oxygen atoms in total. The lowest BCUT2D eigenvalue weighted by atomic mass is 10.1. The van der Waals surface area contributed by atoms with Crippen LogP contribution >= 0.6 is 0 Å². The topological polar surface area (TPSA) is 32.7 Å². The first-order valence-corrected chi connectivity index (χ1v) is 6.68. The number of likely N-dealkylation sites (tertiary alicyclic amines) is 1.